The molecule has 0 aliphatic heterocycles. The van der Waals surface area contributed by atoms with Crippen molar-refractivity contribution in [3.63, 3.8) is 0 Å². The topological polar surface area (TPSA) is 20.2 Å². The average molecular weight is 387 g/mol. The van der Waals surface area contributed by atoms with Gasteiger partial charge in [0.1, 0.15) is 0 Å². The largest absolute Gasteiger partial charge is 0.393 e. The van der Waals surface area contributed by atoms with Crippen LogP contribution in [0.25, 0.3) is 0 Å². The average Bonchev–Trinajstić information content (AvgIpc) is 2.99. The van der Waals surface area contributed by atoms with E-state index < -0.39 is 0 Å². The van der Waals surface area contributed by atoms with E-state index in [1.165, 1.54) is 57.8 Å². The summed E-state index contributed by atoms with van der Waals surface area (Å²) in [5.74, 6) is 5.46. The highest BCUT2D eigenvalue weighted by atomic mass is 16.3. The van der Waals surface area contributed by atoms with Crippen LogP contribution in [0.3, 0.4) is 0 Å². The molecule has 1 nitrogen and oxygen atoms in total. The lowest BCUT2D eigenvalue weighted by atomic mass is 9.47. The Morgan fingerprint density at radius 2 is 1.79 bits per heavy atom. The molecule has 0 aromatic carbocycles. The molecule has 4 aliphatic carbocycles. The number of aliphatic hydroxyl groups excluding tert-OH is 1. The molecule has 8 atom stereocenters. The van der Waals surface area contributed by atoms with E-state index in [9.17, 15) is 5.11 Å². The number of aliphatic hydroxyl groups is 1. The zero-order chi connectivity index (χ0) is 20.1. The van der Waals surface area contributed by atoms with Crippen LogP contribution in [0.4, 0.5) is 0 Å². The van der Waals surface area contributed by atoms with Crippen LogP contribution in [0.15, 0.2) is 11.6 Å². The molecule has 1 N–H and O–H groups in total. The fourth-order valence-electron chi connectivity index (χ4n) is 8.67. The molecular weight excluding hydrogens is 340 g/mol. The number of hydrogen-bond donors (Lipinski definition) is 1. The molecule has 160 valence electrons. The maximum absolute atomic E-state index is 10.2. The highest BCUT2D eigenvalue weighted by Gasteiger charge is 2.59. The van der Waals surface area contributed by atoms with Gasteiger partial charge in [-0.2, -0.15) is 0 Å². The third kappa shape index (κ3) is 3.42. The standard InChI is InChI=1S/C27H46O/c1-18(2)7-6-8-19(3)23-11-12-24-22-10-9-20-17-21(28)13-15-26(20,4)25(22)14-16-27(23,24)5/h9,18-19,21-25,28H,6-8,10-17H2,1-5H3/t19-,21+,22+,23-,24+,25?,26+,27-/m1/s1. The first-order valence-electron chi connectivity index (χ1n) is 12.6. The summed E-state index contributed by atoms with van der Waals surface area (Å²) in [6, 6.07) is 0. The smallest absolute Gasteiger partial charge is 0.0577 e. The van der Waals surface area contributed by atoms with Crippen molar-refractivity contribution < 1.29 is 5.11 Å². The van der Waals surface area contributed by atoms with Gasteiger partial charge in [0.05, 0.1) is 6.10 Å². The van der Waals surface area contributed by atoms with Crippen molar-refractivity contribution in [1.29, 1.82) is 0 Å². The van der Waals surface area contributed by atoms with Gasteiger partial charge in [0.15, 0.2) is 0 Å². The molecule has 3 saturated carbocycles. The lowest BCUT2D eigenvalue weighted by molar-refractivity contribution is -0.0573. The quantitative estimate of drug-likeness (QED) is 0.488. The number of allylic oxidation sites excluding steroid dienone is 1. The Bertz CT molecular complexity index is 591. The zero-order valence-electron chi connectivity index (χ0n) is 19.3. The highest BCUT2D eigenvalue weighted by molar-refractivity contribution is 5.25. The predicted octanol–water partition coefficient (Wildman–Crippen LogP) is 7.39. The fraction of sp³-hybridized carbons (Fsp3) is 0.926. The first kappa shape index (κ1) is 21.0. The Kier molecular flexibility index (Phi) is 5.80. The Labute approximate surface area is 174 Å². The molecule has 0 aromatic heterocycles. The second-order valence-corrected chi connectivity index (χ2v) is 12.2. The van der Waals surface area contributed by atoms with E-state index in [4.69, 9.17) is 0 Å². The number of fused-ring (bicyclic) bond motifs is 5. The second-order valence-electron chi connectivity index (χ2n) is 12.2. The van der Waals surface area contributed by atoms with Crippen LogP contribution in [0.5, 0.6) is 0 Å². The monoisotopic (exact) mass is 386 g/mol. The van der Waals surface area contributed by atoms with Crippen molar-refractivity contribution in [3.05, 3.63) is 11.6 Å². The van der Waals surface area contributed by atoms with Crippen molar-refractivity contribution in [1.82, 2.24) is 0 Å². The minimum absolute atomic E-state index is 0.0766. The van der Waals surface area contributed by atoms with Gasteiger partial charge in [-0.1, -0.05) is 65.5 Å². The summed E-state index contributed by atoms with van der Waals surface area (Å²) in [7, 11) is 0. The molecule has 0 amide bonds. The molecule has 4 aliphatic rings. The Balaban J connectivity index is 1.49. The predicted molar refractivity (Wildman–Crippen MR) is 119 cm³/mol. The summed E-state index contributed by atoms with van der Waals surface area (Å²) in [6.45, 7) is 12.6. The normalized spacial score (nSPS) is 46.5. The van der Waals surface area contributed by atoms with Crippen LogP contribution in [0, 0.1) is 46.3 Å². The van der Waals surface area contributed by atoms with Gasteiger partial charge >= 0.3 is 0 Å². The third-order valence-electron chi connectivity index (χ3n) is 10.3. The lowest BCUT2D eigenvalue weighted by Gasteiger charge is -2.58. The molecule has 0 heterocycles. The minimum atomic E-state index is -0.0766. The van der Waals surface area contributed by atoms with Crippen molar-refractivity contribution >= 4 is 0 Å². The molecule has 3 fully saturated rings. The van der Waals surface area contributed by atoms with Crippen molar-refractivity contribution in [2.45, 2.75) is 111 Å². The van der Waals surface area contributed by atoms with Crippen LogP contribution < -0.4 is 0 Å². The summed E-state index contributed by atoms with van der Waals surface area (Å²) in [5.41, 5.74) is 2.60. The van der Waals surface area contributed by atoms with Crippen LogP contribution in [-0.2, 0) is 0 Å². The van der Waals surface area contributed by atoms with Crippen LogP contribution in [0.2, 0.25) is 0 Å². The highest BCUT2D eigenvalue weighted by Crippen LogP contribution is 2.67. The van der Waals surface area contributed by atoms with Gasteiger partial charge in [-0.25, -0.2) is 0 Å². The summed E-state index contributed by atoms with van der Waals surface area (Å²) in [5, 5.41) is 10.2. The van der Waals surface area contributed by atoms with E-state index in [0.717, 1.165) is 48.3 Å². The molecule has 0 aromatic rings. The molecule has 0 bridgehead atoms. The van der Waals surface area contributed by atoms with Crippen LogP contribution in [-0.4, -0.2) is 11.2 Å². The fourth-order valence-corrected chi connectivity index (χ4v) is 8.67. The molecule has 1 heteroatoms. The molecule has 0 saturated heterocycles. The van der Waals surface area contributed by atoms with E-state index in [-0.39, 0.29) is 6.10 Å². The van der Waals surface area contributed by atoms with E-state index in [2.05, 4.69) is 40.7 Å². The first-order chi connectivity index (χ1) is 13.3. The SMILES string of the molecule is CC(C)CCC[C@@H](C)[C@H]1CC[C@H]2[C@@H]3CC=C4C[C@@H](O)CC[C@]4(C)C3CC[C@]12C. The van der Waals surface area contributed by atoms with Gasteiger partial charge < -0.3 is 5.11 Å². The molecule has 1 unspecified atom stereocenters. The molecule has 0 spiro atoms. The number of rotatable bonds is 5. The molecule has 4 rings (SSSR count). The van der Waals surface area contributed by atoms with E-state index in [1.54, 1.807) is 5.57 Å². The summed E-state index contributed by atoms with van der Waals surface area (Å²) < 4.78 is 0. The lowest BCUT2D eigenvalue weighted by Crippen LogP contribution is -2.50. The van der Waals surface area contributed by atoms with Crippen molar-refractivity contribution in [2.75, 3.05) is 0 Å². The maximum atomic E-state index is 10.2. The summed E-state index contributed by atoms with van der Waals surface area (Å²) in [6.07, 6.45) is 17.2. The van der Waals surface area contributed by atoms with Gasteiger partial charge in [0, 0.05) is 0 Å². The van der Waals surface area contributed by atoms with Gasteiger partial charge in [0.25, 0.3) is 0 Å². The maximum Gasteiger partial charge on any atom is 0.0577 e. The van der Waals surface area contributed by atoms with E-state index in [0.29, 0.717) is 10.8 Å². The van der Waals surface area contributed by atoms with Crippen LogP contribution >= 0.6 is 0 Å². The van der Waals surface area contributed by atoms with E-state index in [1.807, 2.05) is 0 Å². The van der Waals surface area contributed by atoms with Gasteiger partial charge in [0.2, 0.25) is 0 Å². The van der Waals surface area contributed by atoms with Gasteiger partial charge in [-0.05, 0) is 97.7 Å². The first-order valence-corrected chi connectivity index (χ1v) is 12.6. The summed E-state index contributed by atoms with van der Waals surface area (Å²) >= 11 is 0. The number of hydrogen-bond acceptors (Lipinski definition) is 1. The van der Waals surface area contributed by atoms with Crippen molar-refractivity contribution in [3.8, 4) is 0 Å². The Morgan fingerprint density at radius 3 is 2.54 bits per heavy atom. The summed E-state index contributed by atoms with van der Waals surface area (Å²) in [4.78, 5) is 0. The second kappa shape index (κ2) is 7.75. The van der Waals surface area contributed by atoms with Crippen molar-refractivity contribution in [2.24, 2.45) is 46.3 Å². The van der Waals surface area contributed by atoms with Gasteiger partial charge in [-0.3, -0.25) is 0 Å². The van der Waals surface area contributed by atoms with Crippen LogP contribution in [0.1, 0.15) is 105 Å². The molecule has 28 heavy (non-hydrogen) atoms. The zero-order valence-corrected chi connectivity index (χ0v) is 19.3. The minimum Gasteiger partial charge on any atom is -0.393 e. The molecular formula is C27H46O. The Morgan fingerprint density at radius 1 is 1.00 bits per heavy atom. The third-order valence-corrected chi connectivity index (χ3v) is 10.3. The van der Waals surface area contributed by atoms with E-state index >= 15 is 0 Å². The molecule has 0 radical (unpaired) electrons. The Hall–Kier alpha value is -0.300. The van der Waals surface area contributed by atoms with Gasteiger partial charge in [-0.15, -0.1) is 0 Å².